The Hall–Kier alpha value is -0.840. The molecule has 0 radical (unpaired) electrons. The summed E-state index contributed by atoms with van der Waals surface area (Å²) in [5, 5.41) is 4.27. The molecule has 1 heterocycles. The molecular weight excluding hydrogens is 246 g/mol. The lowest BCUT2D eigenvalue weighted by Crippen LogP contribution is -2.50. The minimum Gasteiger partial charge on any atom is -0.369 e. The van der Waals surface area contributed by atoms with Gasteiger partial charge in [-0.15, -0.1) is 0 Å². The zero-order valence-electron chi connectivity index (χ0n) is 10.9. The van der Waals surface area contributed by atoms with Crippen LogP contribution in [0.5, 0.6) is 0 Å². The Morgan fingerprint density at radius 3 is 2.56 bits per heavy atom. The summed E-state index contributed by atoms with van der Waals surface area (Å²) in [6.45, 7) is 1.64. The summed E-state index contributed by atoms with van der Waals surface area (Å²) in [4.78, 5) is 13.4. The Morgan fingerprint density at radius 1 is 1.17 bits per heavy atom. The second-order valence-electron chi connectivity index (χ2n) is 5.47. The van der Waals surface area contributed by atoms with Crippen LogP contribution in [-0.4, -0.2) is 35.1 Å². The van der Waals surface area contributed by atoms with E-state index in [9.17, 15) is 4.79 Å². The average molecular weight is 269 g/mol. The van der Waals surface area contributed by atoms with Gasteiger partial charge in [-0.25, -0.2) is 0 Å². The number of likely N-dealkylation sites (tertiary alicyclic amines) is 1. The second-order valence-corrected chi connectivity index (χ2v) is 5.86. The standard InChI is InChI=1S/C13H23N3OS/c14-12(17)10-5-4-8-16(9-10)13(18)15-11-6-2-1-3-7-11/h10-11H,1-9H2,(H2,14,17)(H,15,18)/t10-/m0/s1. The smallest absolute Gasteiger partial charge is 0.222 e. The van der Waals surface area contributed by atoms with Gasteiger partial charge in [-0.05, 0) is 37.9 Å². The van der Waals surface area contributed by atoms with E-state index >= 15 is 0 Å². The van der Waals surface area contributed by atoms with Crippen LogP contribution in [0, 0.1) is 5.92 Å². The lowest BCUT2D eigenvalue weighted by molar-refractivity contribution is -0.122. The minimum absolute atomic E-state index is 0.0372. The highest BCUT2D eigenvalue weighted by Gasteiger charge is 2.26. The molecule has 1 saturated heterocycles. The van der Waals surface area contributed by atoms with Gasteiger partial charge >= 0.3 is 0 Å². The van der Waals surface area contributed by atoms with Gasteiger partial charge in [0.15, 0.2) is 5.11 Å². The molecule has 0 aromatic heterocycles. The molecule has 1 amide bonds. The number of rotatable bonds is 2. The molecule has 4 nitrogen and oxygen atoms in total. The fraction of sp³-hybridized carbons (Fsp3) is 0.846. The molecular formula is C13H23N3OS. The van der Waals surface area contributed by atoms with Crippen LogP contribution in [0.3, 0.4) is 0 Å². The molecule has 3 N–H and O–H groups in total. The van der Waals surface area contributed by atoms with Gasteiger partial charge in [-0.3, -0.25) is 4.79 Å². The molecule has 5 heteroatoms. The molecule has 0 aromatic carbocycles. The zero-order chi connectivity index (χ0) is 13.0. The summed E-state index contributed by atoms with van der Waals surface area (Å²) in [6.07, 6.45) is 8.27. The van der Waals surface area contributed by atoms with Crippen LogP contribution < -0.4 is 11.1 Å². The lowest BCUT2D eigenvalue weighted by atomic mass is 9.95. The number of thiocarbonyl (C=S) groups is 1. The van der Waals surface area contributed by atoms with Crippen molar-refractivity contribution in [2.45, 2.75) is 51.0 Å². The van der Waals surface area contributed by atoms with Gasteiger partial charge in [0, 0.05) is 19.1 Å². The first-order valence-electron chi connectivity index (χ1n) is 7.01. The van der Waals surface area contributed by atoms with Gasteiger partial charge < -0.3 is 16.0 Å². The van der Waals surface area contributed by atoms with E-state index in [0.29, 0.717) is 12.6 Å². The molecule has 1 aliphatic carbocycles. The SMILES string of the molecule is NC(=O)[C@H]1CCCN(C(=S)NC2CCCCC2)C1. The molecule has 2 rings (SSSR count). The Kier molecular flexibility index (Phi) is 4.80. The van der Waals surface area contributed by atoms with E-state index < -0.39 is 0 Å². The second kappa shape index (κ2) is 6.36. The summed E-state index contributed by atoms with van der Waals surface area (Å²) < 4.78 is 0. The van der Waals surface area contributed by atoms with Gasteiger partial charge in [-0.1, -0.05) is 19.3 Å². The lowest BCUT2D eigenvalue weighted by Gasteiger charge is -2.35. The molecule has 1 atom stereocenters. The number of carbonyl (C=O) groups excluding carboxylic acids is 1. The van der Waals surface area contributed by atoms with Crippen molar-refractivity contribution in [3.05, 3.63) is 0 Å². The van der Waals surface area contributed by atoms with Crippen molar-refractivity contribution in [1.29, 1.82) is 0 Å². The van der Waals surface area contributed by atoms with E-state index in [-0.39, 0.29) is 11.8 Å². The van der Waals surface area contributed by atoms with Crippen LogP contribution in [-0.2, 0) is 4.79 Å². The number of nitrogens with zero attached hydrogens (tertiary/aromatic N) is 1. The highest BCUT2D eigenvalue weighted by atomic mass is 32.1. The molecule has 0 aromatic rings. The largest absolute Gasteiger partial charge is 0.369 e. The van der Waals surface area contributed by atoms with E-state index in [1.165, 1.54) is 32.1 Å². The molecule has 18 heavy (non-hydrogen) atoms. The van der Waals surface area contributed by atoms with Gasteiger partial charge in [0.1, 0.15) is 0 Å². The Balaban J connectivity index is 1.82. The molecule has 102 valence electrons. The minimum atomic E-state index is -0.194. The summed E-state index contributed by atoms with van der Waals surface area (Å²) in [7, 11) is 0. The first-order chi connectivity index (χ1) is 8.66. The normalized spacial score (nSPS) is 25.8. The van der Waals surface area contributed by atoms with Gasteiger partial charge in [-0.2, -0.15) is 0 Å². The highest BCUT2D eigenvalue weighted by Crippen LogP contribution is 2.19. The third-order valence-electron chi connectivity index (χ3n) is 4.04. The topological polar surface area (TPSA) is 58.4 Å². The number of hydrogen-bond acceptors (Lipinski definition) is 2. The molecule has 1 aliphatic heterocycles. The third-order valence-corrected chi connectivity index (χ3v) is 4.42. The van der Waals surface area contributed by atoms with Gasteiger partial charge in [0.25, 0.3) is 0 Å². The van der Waals surface area contributed by atoms with Crippen LogP contribution in [0.2, 0.25) is 0 Å². The predicted octanol–water partition coefficient (Wildman–Crippen LogP) is 1.39. The molecule has 0 unspecified atom stereocenters. The third kappa shape index (κ3) is 3.57. The van der Waals surface area contributed by atoms with Gasteiger partial charge in [0.2, 0.25) is 5.91 Å². The van der Waals surface area contributed by atoms with Crippen LogP contribution in [0.4, 0.5) is 0 Å². The van der Waals surface area contributed by atoms with Crippen molar-refractivity contribution in [2.75, 3.05) is 13.1 Å². The maximum absolute atomic E-state index is 11.2. The van der Waals surface area contributed by atoms with E-state index in [4.69, 9.17) is 18.0 Å². The fourth-order valence-electron chi connectivity index (χ4n) is 2.91. The van der Waals surface area contributed by atoms with Crippen LogP contribution in [0.25, 0.3) is 0 Å². The number of piperidine rings is 1. The van der Waals surface area contributed by atoms with Crippen molar-refractivity contribution in [2.24, 2.45) is 11.7 Å². The first kappa shape index (κ1) is 13.6. The van der Waals surface area contributed by atoms with Crippen molar-refractivity contribution < 1.29 is 4.79 Å². The molecule has 2 aliphatic rings. The molecule has 0 bridgehead atoms. The molecule has 0 spiro atoms. The number of hydrogen-bond donors (Lipinski definition) is 2. The Morgan fingerprint density at radius 2 is 1.89 bits per heavy atom. The summed E-state index contributed by atoms with van der Waals surface area (Å²) >= 11 is 5.46. The van der Waals surface area contributed by atoms with Crippen molar-refractivity contribution in [1.82, 2.24) is 10.2 Å². The first-order valence-corrected chi connectivity index (χ1v) is 7.42. The molecule has 1 saturated carbocycles. The zero-order valence-corrected chi connectivity index (χ0v) is 11.7. The van der Waals surface area contributed by atoms with E-state index in [1.807, 2.05) is 0 Å². The maximum atomic E-state index is 11.2. The van der Waals surface area contributed by atoms with Gasteiger partial charge in [0.05, 0.1) is 5.92 Å². The number of nitrogens with one attached hydrogen (secondary N) is 1. The van der Waals surface area contributed by atoms with Crippen molar-refractivity contribution in [3.63, 3.8) is 0 Å². The molecule has 2 fully saturated rings. The fourth-order valence-corrected chi connectivity index (χ4v) is 3.24. The predicted molar refractivity (Wildman–Crippen MR) is 76.1 cm³/mol. The number of nitrogens with two attached hydrogens (primary N) is 1. The monoisotopic (exact) mass is 269 g/mol. The van der Waals surface area contributed by atoms with Crippen molar-refractivity contribution in [3.8, 4) is 0 Å². The maximum Gasteiger partial charge on any atom is 0.222 e. The van der Waals surface area contributed by atoms with Crippen LogP contribution in [0.15, 0.2) is 0 Å². The summed E-state index contributed by atoms with van der Waals surface area (Å²) in [5.74, 6) is -0.231. The highest BCUT2D eigenvalue weighted by molar-refractivity contribution is 7.80. The number of amides is 1. The van der Waals surface area contributed by atoms with E-state index in [1.54, 1.807) is 0 Å². The van der Waals surface area contributed by atoms with E-state index in [2.05, 4.69) is 10.2 Å². The van der Waals surface area contributed by atoms with Crippen molar-refractivity contribution >= 4 is 23.2 Å². The quantitative estimate of drug-likeness (QED) is 0.744. The average Bonchev–Trinajstić information content (AvgIpc) is 2.40. The summed E-state index contributed by atoms with van der Waals surface area (Å²) in [6, 6.07) is 0.528. The van der Waals surface area contributed by atoms with E-state index in [0.717, 1.165) is 24.5 Å². The number of carbonyl (C=O) groups is 1. The Bertz CT molecular complexity index is 315. The van der Waals surface area contributed by atoms with Crippen LogP contribution >= 0.6 is 12.2 Å². The number of primary amides is 1. The van der Waals surface area contributed by atoms with Crippen LogP contribution in [0.1, 0.15) is 44.9 Å². The Labute approximate surface area is 114 Å². The summed E-state index contributed by atoms with van der Waals surface area (Å²) in [5.41, 5.74) is 5.38.